The molecule has 96 valence electrons. The van der Waals surface area contributed by atoms with Crippen LogP contribution in [0.1, 0.15) is 28.5 Å². The molecular weight excluding hydrogens is 310 g/mol. The second kappa shape index (κ2) is 5.28. The monoisotopic (exact) mass is 325 g/mol. The Morgan fingerprint density at radius 2 is 2.11 bits per heavy atom. The van der Waals surface area contributed by atoms with Crippen molar-refractivity contribution in [2.75, 3.05) is 11.1 Å². The van der Waals surface area contributed by atoms with Gasteiger partial charge in [0.1, 0.15) is 0 Å². The van der Waals surface area contributed by atoms with Crippen LogP contribution in [0.4, 0.5) is 11.4 Å². The zero-order valence-corrected chi connectivity index (χ0v) is 13.0. The van der Waals surface area contributed by atoms with Gasteiger partial charge in [0.15, 0.2) is 0 Å². The Morgan fingerprint density at radius 1 is 1.39 bits per heavy atom. The summed E-state index contributed by atoms with van der Waals surface area (Å²) in [5.74, 6) is 0. The maximum absolute atomic E-state index is 5.73. The lowest BCUT2D eigenvalue weighted by Gasteiger charge is -2.16. The van der Waals surface area contributed by atoms with Crippen LogP contribution in [0, 0.1) is 13.8 Å². The number of nitrogen functional groups attached to an aromatic ring is 1. The van der Waals surface area contributed by atoms with E-state index in [1.165, 1.54) is 4.88 Å². The molecule has 1 heterocycles. The van der Waals surface area contributed by atoms with Gasteiger partial charge in [0.2, 0.25) is 0 Å². The molecule has 3 nitrogen and oxygen atoms in total. The summed E-state index contributed by atoms with van der Waals surface area (Å²) in [4.78, 5) is 5.73. The highest BCUT2D eigenvalue weighted by atomic mass is 79.9. The van der Waals surface area contributed by atoms with Gasteiger partial charge in [0.05, 0.1) is 16.7 Å². The van der Waals surface area contributed by atoms with Crippen molar-refractivity contribution in [2.24, 2.45) is 0 Å². The molecule has 2 aromatic rings. The predicted molar refractivity (Wildman–Crippen MR) is 82.2 cm³/mol. The highest BCUT2D eigenvalue weighted by Crippen LogP contribution is 2.31. The first-order valence-electron chi connectivity index (χ1n) is 5.73. The Labute approximate surface area is 120 Å². The normalized spacial score (nSPS) is 12.4. The van der Waals surface area contributed by atoms with E-state index in [2.05, 4.69) is 40.1 Å². The topological polar surface area (TPSA) is 50.9 Å². The van der Waals surface area contributed by atoms with Gasteiger partial charge >= 0.3 is 0 Å². The molecule has 3 N–H and O–H groups in total. The molecule has 0 aliphatic carbocycles. The third-order valence-electron chi connectivity index (χ3n) is 2.70. The van der Waals surface area contributed by atoms with Gasteiger partial charge in [-0.2, -0.15) is 0 Å². The van der Waals surface area contributed by atoms with Crippen LogP contribution >= 0.6 is 27.3 Å². The average molecular weight is 326 g/mol. The molecule has 0 saturated heterocycles. The van der Waals surface area contributed by atoms with E-state index in [0.29, 0.717) is 0 Å². The molecule has 0 spiro atoms. The van der Waals surface area contributed by atoms with E-state index in [0.717, 1.165) is 26.5 Å². The van der Waals surface area contributed by atoms with Crippen LogP contribution in [0.25, 0.3) is 0 Å². The molecule has 0 aliphatic rings. The highest BCUT2D eigenvalue weighted by molar-refractivity contribution is 9.10. The summed E-state index contributed by atoms with van der Waals surface area (Å²) >= 11 is 5.25. The van der Waals surface area contributed by atoms with Crippen molar-refractivity contribution in [1.82, 2.24) is 4.98 Å². The van der Waals surface area contributed by atoms with Crippen molar-refractivity contribution in [3.8, 4) is 0 Å². The average Bonchev–Trinajstić information content (AvgIpc) is 2.62. The van der Waals surface area contributed by atoms with Crippen molar-refractivity contribution in [3.63, 3.8) is 0 Å². The lowest BCUT2D eigenvalue weighted by atomic mass is 10.2. The fourth-order valence-corrected chi connectivity index (χ4v) is 3.34. The van der Waals surface area contributed by atoms with Crippen molar-refractivity contribution < 1.29 is 0 Å². The number of rotatable bonds is 3. The first kappa shape index (κ1) is 13.4. The van der Waals surface area contributed by atoms with Crippen LogP contribution < -0.4 is 11.1 Å². The first-order valence-corrected chi connectivity index (χ1v) is 7.34. The second-order valence-electron chi connectivity index (χ2n) is 4.29. The minimum atomic E-state index is 0.233. The predicted octanol–water partition coefficient (Wildman–Crippen LogP) is 4.28. The molecule has 1 unspecified atom stereocenters. The van der Waals surface area contributed by atoms with Gasteiger partial charge in [-0.1, -0.05) is 0 Å². The number of nitrogens with two attached hydrogens (primary N) is 1. The SMILES string of the molecule is Cc1nc(C)c(C(C)Nc2ccc(N)cc2Br)s1. The zero-order chi connectivity index (χ0) is 13.3. The molecule has 5 heteroatoms. The summed E-state index contributed by atoms with van der Waals surface area (Å²) < 4.78 is 0.980. The standard InChI is InChI=1S/C13H16BrN3S/c1-7-13(18-9(3)16-7)8(2)17-12-5-4-10(15)6-11(12)14/h4-6,8,17H,15H2,1-3H3. The molecule has 0 radical (unpaired) electrons. The zero-order valence-electron chi connectivity index (χ0n) is 10.6. The van der Waals surface area contributed by atoms with Crippen LogP contribution in [0.3, 0.4) is 0 Å². The minimum absolute atomic E-state index is 0.233. The van der Waals surface area contributed by atoms with Crippen LogP contribution in [0.5, 0.6) is 0 Å². The summed E-state index contributed by atoms with van der Waals surface area (Å²) in [6, 6.07) is 6.01. The summed E-state index contributed by atoms with van der Waals surface area (Å²) in [7, 11) is 0. The number of benzene rings is 1. The van der Waals surface area contributed by atoms with E-state index in [1.54, 1.807) is 11.3 Å². The van der Waals surface area contributed by atoms with E-state index in [9.17, 15) is 0 Å². The van der Waals surface area contributed by atoms with E-state index < -0.39 is 0 Å². The molecule has 1 aromatic heterocycles. The Balaban J connectivity index is 2.21. The van der Waals surface area contributed by atoms with Crippen LogP contribution in [0.15, 0.2) is 22.7 Å². The van der Waals surface area contributed by atoms with Gasteiger partial charge in [-0.3, -0.25) is 0 Å². The largest absolute Gasteiger partial charge is 0.399 e. The second-order valence-corrected chi connectivity index (χ2v) is 6.38. The summed E-state index contributed by atoms with van der Waals surface area (Å²) in [5, 5.41) is 4.58. The van der Waals surface area contributed by atoms with E-state index in [-0.39, 0.29) is 6.04 Å². The molecular formula is C13H16BrN3S. The molecule has 18 heavy (non-hydrogen) atoms. The molecule has 0 bridgehead atoms. The maximum atomic E-state index is 5.73. The van der Waals surface area contributed by atoms with E-state index in [1.807, 2.05) is 25.1 Å². The van der Waals surface area contributed by atoms with Gasteiger partial charge in [-0.25, -0.2) is 4.98 Å². The van der Waals surface area contributed by atoms with Crippen LogP contribution in [0.2, 0.25) is 0 Å². The lowest BCUT2D eigenvalue weighted by Crippen LogP contribution is -2.07. The van der Waals surface area contributed by atoms with Gasteiger partial charge in [-0.05, 0) is 54.9 Å². The minimum Gasteiger partial charge on any atom is -0.399 e. The molecule has 0 amide bonds. The van der Waals surface area contributed by atoms with Gasteiger partial charge in [0.25, 0.3) is 0 Å². The number of hydrogen-bond donors (Lipinski definition) is 2. The number of thiazole rings is 1. The molecule has 2 rings (SSSR count). The Hall–Kier alpha value is -1.07. The van der Waals surface area contributed by atoms with Gasteiger partial charge in [-0.15, -0.1) is 11.3 Å². The fourth-order valence-electron chi connectivity index (χ4n) is 1.90. The van der Waals surface area contributed by atoms with Crippen LogP contribution in [-0.4, -0.2) is 4.98 Å². The summed E-state index contributed by atoms with van der Waals surface area (Å²) in [6.07, 6.45) is 0. The third-order valence-corrected chi connectivity index (χ3v) is 4.61. The van der Waals surface area contributed by atoms with Crippen molar-refractivity contribution in [3.05, 3.63) is 38.3 Å². The number of nitrogens with zero attached hydrogens (tertiary/aromatic N) is 1. The summed E-state index contributed by atoms with van der Waals surface area (Å²) in [6.45, 7) is 6.23. The number of halogens is 1. The van der Waals surface area contributed by atoms with Crippen molar-refractivity contribution in [2.45, 2.75) is 26.8 Å². The third kappa shape index (κ3) is 2.84. The Morgan fingerprint density at radius 3 is 2.67 bits per heavy atom. The van der Waals surface area contributed by atoms with Crippen LogP contribution in [-0.2, 0) is 0 Å². The highest BCUT2D eigenvalue weighted by Gasteiger charge is 2.13. The smallest absolute Gasteiger partial charge is 0.0900 e. The quantitative estimate of drug-likeness (QED) is 0.828. The first-order chi connectivity index (χ1) is 8.47. The number of anilines is 2. The maximum Gasteiger partial charge on any atom is 0.0900 e. The number of aromatic nitrogens is 1. The molecule has 0 saturated carbocycles. The van der Waals surface area contributed by atoms with E-state index >= 15 is 0 Å². The number of nitrogens with one attached hydrogen (secondary N) is 1. The molecule has 0 aliphatic heterocycles. The Kier molecular flexibility index (Phi) is 3.92. The molecule has 1 atom stereocenters. The van der Waals surface area contributed by atoms with Crippen molar-refractivity contribution in [1.29, 1.82) is 0 Å². The van der Waals surface area contributed by atoms with Gasteiger partial charge < -0.3 is 11.1 Å². The van der Waals surface area contributed by atoms with Crippen molar-refractivity contribution >= 4 is 38.6 Å². The van der Waals surface area contributed by atoms with E-state index in [4.69, 9.17) is 5.73 Å². The molecule has 0 fully saturated rings. The number of aryl methyl sites for hydroxylation is 2. The number of hydrogen-bond acceptors (Lipinski definition) is 4. The summed E-state index contributed by atoms with van der Waals surface area (Å²) in [5.41, 5.74) is 8.63. The van der Waals surface area contributed by atoms with Gasteiger partial charge in [0, 0.05) is 20.7 Å². The lowest BCUT2D eigenvalue weighted by molar-refractivity contribution is 0.889. The molecule has 1 aromatic carbocycles. The Bertz CT molecular complexity index is 565. The fraction of sp³-hybridized carbons (Fsp3) is 0.308.